The second-order valence-electron chi connectivity index (χ2n) is 9.66. The zero-order valence-electron chi connectivity index (χ0n) is 21.5. The fraction of sp³-hybridized carbons (Fsp3) is 0.714. The molecule has 1 aliphatic carbocycles. The summed E-state index contributed by atoms with van der Waals surface area (Å²) in [6, 6.07) is 4.09. The monoisotopic (exact) mass is 478 g/mol. The summed E-state index contributed by atoms with van der Waals surface area (Å²) in [5, 5.41) is 0. The smallest absolute Gasteiger partial charge is 0.317 e. The average Bonchev–Trinajstić information content (AvgIpc) is 2.79. The van der Waals surface area contributed by atoms with Crippen molar-refractivity contribution in [1.29, 1.82) is 0 Å². The summed E-state index contributed by atoms with van der Waals surface area (Å²) in [4.78, 5) is 26.7. The average molecular weight is 479 g/mol. The van der Waals surface area contributed by atoms with Gasteiger partial charge < -0.3 is 9.30 Å². The summed E-state index contributed by atoms with van der Waals surface area (Å²) in [7, 11) is 0.611. The van der Waals surface area contributed by atoms with E-state index in [-0.39, 0.29) is 17.7 Å². The van der Waals surface area contributed by atoms with Gasteiger partial charge in [-0.25, -0.2) is 0 Å². The van der Waals surface area contributed by atoms with E-state index in [1.54, 1.807) is 0 Å². The van der Waals surface area contributed by atoms with E-state index in [4.69, 9.17) is 9.30 Å². The molecule has 2 unspecified atom stereocenters. The minimum Gasteiger partial charge on any atom is -0.465 e. The van der Waals surface area contributed by atoms with Crippen molar-refractivity contribution < 1.29 is 18.9 Å². The van der Waals surface area contributed by atoms with E-state index in [1.807, 2.05) is 32.9 Å². The first kappa shape index (κ1) is 29.6. The van der Waals surface area contributed by atoms with Crippen LogP contribution in [0.15, 0.2) is 12.1 Å². The molecule has 1 aromatic carbocycles. The van der Waals surface area contributed by atoms with Gasteiger partial charge in [-0.05, 0) is 57.1 Å². The van der Waals surface area contributed by atoms with Gasteiger partial charge in [-0.3, -0.25) is 9.59 Å². The fourth-order valence-corrected chi connectivity index (χ4v) is 5.20. The van der Waals surface area contributed by atoms with Crippen molar-refractivity contribution in [1.82, 2.24) is 0 Å². The molecule has 2 rings (SSSR count). The van der Waals surface area contributed by atoms with Crippen LogP contribution in [-0.4, -0.2) is 18.4 Å². The molecule has 1 aromatic rings. The molecule has 1 saturated carbocycles. The molecule has 0 spiro atoms. The lowest BCUT2D eigenvalue weighted by Crippen LogP contribution is -2.35. The lowest BCUT2D eigenvalue weighted by molar-refractivity contribution is -0.149. The summed E-state index contributed by atoms with van der Waals surface area (Å²) < 4.78 is 14.0. The van der Waals surface area contributed by atoms with Gasteiger partial charge in [0.15, 0.2) is 5.78 Å². The molecule has 5 heteroatoms. The molecular formula is C28H47O4P. The molecule has 0 heterocycles. The van der Waals surface area contributed by atoms with Crippen molar-refractivity contribution in [3.05, 3.63) is 34.4 Å². The van der Waals surface area contributed by atoms with Gasteiger partial charge in [-0.1, -0.05) is 88.8 Å². The Kier molecular flexibility index (Phi) is 15.3. The standard InChI is InChI=1S/C28H44O3.H3OP/c1-5-6-7-8-9-10-11-15-18-31-28(30)26(24-16-13-12-14-17-24)27(29)25-22(3)19-21(2)20-23(25)4;1-2/h19-20,24,26H,5-18H2,1-4H3;2H3. The van der Waals surface area contributed by atoms with Gasteiger partial charge in [0.25, 0.3) is 0 Å². The molecule has 0 aliphatic heterocycles. The fourth-order valence-electron chi connectivity index (χ4n) is 5.20. The first-order valence-electron chi connectivity index (χ1n) is 13.0. The predicted molar refractivity (Wildman–Crippen MR) is 140 cm³/mol. The van der Waals surface area contributed by atoms with E-state index >= 15 is 0 Å². The Hall–Kier alpha value is -1.41. The van der Waals surface area contributed by atoms with Gasteiger partial charge in [0, 0.05) is 5.56 Å². The van der Waals surface area contributed by atoms with Crippen LogP contribution in [0.1, 0.15) is 117 Å². The lowest BCUT2D eigenvalue weighted by atomic mass is 9.75. The maximum absolute atomic E-state index is 13.6. The van der Waals surface area contributed by atoms with Gasteiger partial charge in [0.2, 0.25) is 0 Å². The van der Waals surface area contributed by atoms with E-state index in [1.165, 1.54) is 44.9 Å². The number of ether oxygens (including phenoxy) is 1. The molecule has 0 aromatic heterocycles. The van der Waals surface area contributed by atoms with Crippen molar-refractivity contribution >= 4 is 20.9 Å². The Labute approximate surface area is 203 Å². The minimum absolute atomic E-state index is 0.0252. The van der Waals surface area contributed by atoms with Crippen LogP contribution in [0.5, 0.6) is 0 Å². The minimum atomic E-state index is -0.644. The quantitative estimate of drug-likeness (QED) is 0.0962. The van der Waals surface area contributed by atoms with Crippen molar-refractivity contribution in [3.8, 4) is 0 Å². The Morgan fingerprint density at radius 2 is 1.39 bits per heavy atom. The summed E-state index contributed by atoms with van der Waals surface area (Å²) in [5.74, 6) is -0.844. The van der Waals surface area contributed by atoms with E-state index in [9.17, 15) is 9.59 Å². The molecule has 0 bridgehead atoms. The molecule has 33 heavy (non-hydrogen) atoms. The second-order valence-corrected chi connectivity index (χ2v) is 9.66. The van der Waals surface area contributed by atoms with E-state index in [0.29, 0.717) is 15.7 Å². The highest BCUT2D eigenvalue weighted by Crippen LogP contribution is 2.34. The first-order valence-corrected chi connectivity index (χ1v) is 13.6. The number of benzene rings is 1. The number of ketones is 1. The topological polar surface area (TPSA) is 60.4 Å². The number of esters is 1. The molecular weight excluding hydrogens is 431 g/mol. The van der Waals surface area contributed by atoms with Gasteiger partial charge in [-0.2, -0.15) is 0 Å². The Morgan fingerprint density at radius 3 is 1.94 bits per heavy atom. The van der Waals surface area contributed by atoms with Crippen LogP contribution in [0, 0.1) is 32.6 Å². The third-order valence-corrected chi connectivity index (χ3v) is 6.82. The van der Waals surface area contributed by atoms with E-state index in [0.717, 1.165) is 60.8 Å². The summed E-state index contributed by atoms with van der Waals surface area (Å²) in [6.45, 7) is 8.69. The number of hydrogen-bond acceptors (Lipinski definition) is 4. The normalized spacial score (nSPS) is 14.9. The van der Waals surface area contributed by atoms with Crippen LogP contribution >= 0.6 is 9.12 Å². The van der Waals surface area contributed by atoms with Crippen molar-refractivity contribution in [2.24, 2.45) is 11.8 Å². The molecule has 2 atom stereocenters. The number of carbonyl (C=O) groups excluding carboxylic acids is 2. The molecule has 1 aliphatic rings. The number of hydrogen-bond donors (Lipinski definition) is 0. The zero-order chi connectivity index (χ0) is 24.6. The number of carbonyl (C=O) groups is 2. The van der Waals surface area contributed by atoms with Crippen LogP contribution in [0.4, 0.5) is 0 Å². The summed E-state index contributed by atoms with van der Waals surface area (Å²) in [6.07, 6.45) is 15.0. The summed E-state index contributed by atoms with van der Waals surface area (Å²) >= 11 is 0. The van der Waals surface area contributed by atoms with Gasteiger partial charge in [0.05, 0.1) is 15.7 Å². The zero-order valence-corrected chi connectivity index (χ0v) is 23.0. The van der Waals surface area contributed by atoms with Crippen LogP contribution < -0.4 is 0 Å². The highest BCUT2D eigenvalue weighted by molar-refractivity contribution is 7.00. The molecule has 0 N–H and O–H groups in total. The molecule has 0 saturated heterocycles. The first-order chi connectivity index (χ1) is 16.0. The number of unbranched alkanes of at least 4 members (excludes halogenated alkanes) is 7. The van der Waals surface area contributed by atoms with Crippen LogP contribution in [0.3, 0.4) is 0 Å². The Balaban J connectivity index is 0.00000265. The number of rotatable bonds is 13. The highest BCUT2D eigenvalue weighted by atomic mass is 31.0. The van der Waals surface area contributed by atoms with Crippen molar-refractivity contribution in [2.75, 3.05) is 6.61 Å². The summed E-state index contributed by atoms with van der Waals surface area (Å²) in [5.41, 5.74) is 3.82. The number of aryl methyl sites for hydroxylation is 3. The SMILES string of the molecule is CCCCCCCCCCOC(=O)C(C(=O)c1c(C)cc(C)cc1C)C1CCCCC1.O=[PH3]. The van der Waals surface area contributed by atoms with Crippen LogP contribution in [-0.2, 0) is 14.1 Å². The van der Waals surface area contributed by atoms with Crippen LogP contribution in [0.2, 0.25) is 0 Å². The molecule has 0 amide bonds. The molecule has 0 radical (unpaired) electrons. The Bertz CT molecular complexity index is 702. The van der Waals surface area contributed by atoms with E-state index in [2.05, 4.69) is 6.92 Å². The van der Waals surface area contributed by atoms with Gasteiger partial charge in [0.1, 0.15) is 5.92 Å². The van der Waals surface area contributed by atoms with Crippen molar-refractivity contribution in [3.63, 3.8) is 0 Å². The second kappa shape index (κ2) is 17.1. The third kappa shape index (κ3) is 10.2. The van der Waals surface area contributed by atoms with Crippen molar-refractivity contribution in [2.45, 2.75) is 111 Å². The molecule has 4 nitrogen and oxygen atoms in total. The Morgan fingerprint density at radius 1 is 0.879 bits per heavy atom. The maximum atomic E-state index is 13.6. The van der Waals surface area contributed by atoms with Crippen LogP contribution in [0.25, 0.3) is 0 Å². The largest absolute Gasteiger partial charge is 0.465 e. The third-order valence-electron chi connectivity index (χ3n) is 6.82. The van der Waals surface area contributed by atoms with Gasteiger partial charge in [-0.15, -0.1) is 0 Å². The lowest BCUT2D eigenvalue weighted by Gasteiger charge is -2.28. The maximum Gasteiger partial charge on any atom is 0.317 e. The predicted octanol–water partition coefficient (Wildman–Crippen LogP) is 7.61. The highest BCUT2D eigenvalue weighted by Gasteiger charge is 2.38. The molecule has 1 fully saturated rings. The van der Waals surface area contributed by atoms with E-state index < -0.39 is 5.92 Å². The molecule has 188 valence electrons. The van der Waals surface area contributed by atoms with Gasteiger partial charge >= 0.3 is 5.97 Å². The number of Topliss-reactive ketones (excluding diaryl/α,β-unsaturated/α-hetero) is 1.